The molecule has 0 atom stereocenters. The van der Waals surface area contributed by atoms with E-state index in [1.165, 1.54) is 24.3 Å². The number of furan rings is 1. The van der Waals surface area contributed by atoms with Crippen molar-refractivity contribution < 1.29 is 19.1 Å². The Morgan fingerprint density at radius 1 is 1.30 bits per heavy atom. The van der Waals surface area contributed by atoms with Gasteiger partial charge in [-0.25, -0.2) is 4.79 Å². The predicted molar refractivity (Wildman–Crippen MR) is 73.0 cm³/mol. The van der Waals surface area contributed by atoms with E-state index in [9.17, 15) is 9.59 Å². The van der Waals surface area contributed by atoms with Gasteiger partial charge in [-0.3, -0.25) is 4.79 Å². The number of amides is 1. The average molecular weight is 295 g/mol. The van der Waals surface area contributed by atoms with Crippen LogP contribution in [0.1, 0.15) is 26.7 Å². The molecule has 0 saturated heterocycles. The first-order valence-corrected chi connectivity index (χ1v) is 6.02. The van der Waals surface area contributed by atoms with E-state index in [1.807, 2.05) is 0 Å². The molecule has 1 aromatic carbocycles. The summed E-state index contributed by atoms with van der Waals surface area (Å²) in [5, 5.41) is 11.6. The van der Waals surface area contributed by atoms with E-state index in [0.29, 0.717) is 5.76 Å². The zero-order valence-electron chi connectivity index (χ0n) is 10.2. The number of aromatic carboxylic acids is 1. The zero-order valence-corrected chi connectivity index (χ0v) is 11.0. The number of nitrogens with one attached hydrogen (secondary N) is 1. The van der Waals surface area contributed by atoms with Crippen LogP contribution in [0.3, 0.4) is 0 Å². The molecule has 0 fully saturated rings. The Kier molecular flexibility index (Phi) is 4.07. The topological polar surface area (TPSA) is 106 Å². The van der Waals surface area contributed by atoms with Gasteiger partial charge in [-0.1, -0.05) is 11.6 Å². The summed E-state index contributed by atoms with van der Waals surface area (Å²) in [5.74, 6) is -1.10. The number of carbonyl (C=O) groups is 2. The van der Waals surface area contributed by atoms with Crippen molar-refractivity contribution in [2.45, 2.75) is 6.54 Å². The third kappa shape index (κ3) is 2.98. The lowest BCUT2D eigenvalue weighted by Gasteiger charge is -2.06. The minimum Gasteiger partial charge on any atom is -0.478 e. The van der Waals surface area contributed by atoms with Crippen LogP contribution in [0.4, 0.5) is 5.69 Å². The molecule has 0 spiro atoms. The van der Waals surface area contributed by atoms with Crippen LogP contribution in [-0.4, -0.2) is 17.0 Å². The quantitative estimate of drug-likeness (QED) is 0.802. The van der Waals surface area contributed by atoms with Gasteiger partial charge in [0.1, 0.15) is 5.76 Å². The maximum Gasteiger partial charge on any atom is 0.335 e. The van der Waals surface area contributed by atoms with E-state index < -0.39 is 11.9 Å². The van der Waals surface area contributed by atoms with Crippen molar-refractivity contribution in [2.24, 2.45) is 5.73 Å². The minimum atomic E-state index is -1.11. The van der Waals surface area contributed by atoms with E-state index in [2.05, 4.69) is 5.32 Å². The fourth-order valence-corrected chi connectivity index (χ4v) is 1.71. The highest BCUT2D eigenvalue weighted by Gasteiger charge is 2.14. The minimum absolute atomic E-state index is 0.0202. The van der Waals surface area contributed by atoms with Crippen LogP contribution in [0.15, 0.2) is 34.7 Å². The number of benzene rings is 1. The molecule has 7 heteroatoms. The van der Waals surface area contributed by atoms with E-state index in [1.54, 1.807) is 6.07 Å². The Morgan fingerprint density at radius 3 is 2.65 bits per heavy atom. The van der Waals surface area contributed by atoms with Crippen molar-refractivity contribution >= 4 is 29.2 Å². The molecule has 0 radical (unpaired) electrons. The Labute approximate surface area is 119 Å². The van der Waals surface area contributed by atoms with E-state index >= 15 is 0 Å². The van der Waals surface area contributed by atoms with Gasteiger partial charge in [-0.05, 0) is 30.3 Å². The van der Waals surface area contributed by atoms with Gasteiger partial charge in [0, 0.05) is 0 Å². The Balaban J connectivity index is 2.22. The summed E-state index contributed by atoms with van der Waals surface area (Å²) in [5.41, 5.74) is 5.60. The molecule has 0 aliphatic carbocycles. The van der Waals surface area contributed by atoms with Gasteiger partial charge < -0.3 is 20.6 Å². The highest BCUT2D eigenvalue weighted by molar-refractivity contribution is 6.34. The van der Waals surface area contributed by atoms with Crippen LogP contribution in [-0.2, 0) is 6.54 Å². The van der Waals surface area contributed by atoms with Gasteiger partial charge in [0.2, 0.25) is 0 Å². The van der Waals surface area contributed by atoms with Crippen LogP contribution in [0.2, 0.25) is 5.02 Å². The summed E-state index contributed by atoms with van der Waals surface area (Å²) < 4.78 is 5.19. The third-order valence-corrected chi connectivity index (χ3v) is 2.88. The standard InChI is InChI=1S/C13H11ClN2O4/c14-9-3-1-7(13(18)19)5-10(9)16-12(17)11-4-2-8(6-15)20-11/h1-5H,6,15H2,(H,16,17)(H,18,19). The van der Waals surface area contributed by atoms with E-state index in [0.717, 1.165) is 0 Å². The van der Waals surface area contributed by atoms with Gasteiger partial charge in [-0.15, -0.1) is 0 Å². The monoisotopic (exact) mass is 294 g/mol. The molecule has 0 saturated carbocycles. The first-order chi connectivity index (χ1) is 9.51. The average Bonchev–Trinajstić information content (AvgIpc) is 2.89. The molecule has 104 valence electrons. The van der Waals surface area contributed by atoms with Crippen molar-refractivity contribution in [3.8, 4) is 0 Å². The van der Waals surface area contributed by atoms with Crippen molar-refractivity contribution in [1.29, 1.82) is 0 Å². The molecule has 0 aliphatic rings. The van der Waals surface area contributed by atoms with Gasteiger partial charge >= 0.3 is 5.97 Å². The smallest absolute Gasteiger partial charge is 0.335 e. The molecular weight excluding hydrogens is 284 g/mol. The number of anilines is 1. The van der Waals surface area contributed by atoms with Gasteiger partial charge in [0.15, 0.2) is 5.76 Å². The van der Waals surface area contributed by atoms with Crippen molar-refractivity contribution in [3.05, 3.63) is 52.4 Å². The molecule has 1 aromatic heterocycles. The number of hydrogen-bond donors (Lipinski definition) is 3. The SMILES string of the molecule is NCc1ccc(C(=O)Nc2cc(C(=O)O)ccc2Cl)o1. The summed E-state index contributed by atoms with van der Waals surface area (Å²) in [6.07, 6.45) is 0. The first-order valence-electron chi connectivity index (χ1n) is 5.64. The van der Waals surface area contributed by atoms with E-state index in [-0.39, 0.29) is 28.6 Å². The Bertz CT molecular complexity index is 666. The van der Waals surface area contributed by atoms with Gasteiger partial charge in [0.05, 0.1) is 22.8 Å². The van der Waals surface area contributed by atoms with Gasteiger partial charge in [-0.2, -0.15) is 0 Å². The van der Waals surface area contributed by atoms with Crippen LogP contribution < -0.4 is 11.1 Å². The predicted octanol–water partition coefficient (Wildman–Crippen LogP) is 2.34. The number of carboxylic acids is 1. The molecule has 6 nitrogen and oxygen atoms in total. The molecular formula is C13H11ClN2O4. The van der Waals surface area contributed by atoms with Crippen LogP contribution in [0.25, 0.3) is 0 Å². The Morgan fingerprint density at radius 2 is 2.05 bits per heavy atom. The fraction of sp³-hybridized carbons (Fsp3) is 0.0769. The number of carboxylic acid groups (broad SMARTS) is 1. The normalized spacial score (nSPS) is 10.3. The molecule has 0 bridgehead atoms. The van der Waals surface area contributed by atoms with Crippen molar-refractivity contribution in [3.63, 3.8) is 0 Å². The summed E-state index contributed by atoms with van der Waals surface area (Å²) in [7, 11) is 0. The van der Waals surface area contributed by atoms with Crippen molar-refractivity contribution in [1.82, 2.24) is 0 Å². The summed E-state index contributed by atoms with van der Waals surface area (Å²) in [6, 6.07) is 7.08. The number of halogens is 1. The molecule has 0 aliphatic heterocycles. The number of carbonyl (C=O) groups excluding carboxylic acids is 1. The number of hydrogen-bond acceptors (Lipinski definition) is 4. The zero-order chi connectivity index (χ0) is 14.7. The lowest BCUT2D eigenvalue weighted by Crippen LogP contribution is -2.12. The highest BCUT2D eigenvalue weighted by atomic mass is 35.5. The third-order valence-electron chi connectivity index (χ3n) is 2.55. The molecule has 0 unspecified atom stereocenters. The number of nitrogens with two attached hydrogens (primary N) is 1. The second-order valence-corrected chi connectivity index (χ2v) is 4.33. The molecule has 4 N–H and O–H groups in total. The second kappa shape index (κ2) is 5.77. The molecule has 1 amide bonds. The van der Waals surface area contributed by atoms with Crippen molar-refractivity contribution in [2.75, 3.05) is 5.32 Å². The summed E-state index contributed by atoms with van der Waals surface area (Å²) in [4.78, 5) is 22.8. The fourth-order valence-electron chi connectivity index (χ4n) is 1.55. The molecule has 1 heterocycles. The first kappa shape index (κ1) is 14.1. The van der Waals surface area contributed by atoms with Crippen LogP contribution in [0, 0.1) is 0 Å². The number of rotatable bonds is 4. The van der Waals surface area contributed by atoms with Crippen LogP contribution >= 0.6 is 11.6 Å². The lowest BCUT2D eigenvalue weighted by molar-refractivity contribution is 0.0696. The molecule has 2 rings (SSSR count). The largest absolute Gasteiger partial charge is 0.478 e. The highest BCUT2D eigenvalue weighted by Crippen LogP contribution is 2.24. The maximum atomic E-state index is 11.9. The van der Waals surface area contributed by atoms with Crippen LogP contribution in [0.5, 0.6) is 0 Å². The second-order valence-electron chi connectivity index (χ2n) is 3.92. The van der Waals surface area contributed by atoms with E-state index in [4.69, 9.17) is 26.9 Å². The maximum absolute atomic E-state index is 11.9. The Hall–Kier alpha value is -2.31. The summed E-state index contributed by atoms with van der Waals surface area (Å²) >= 11 is 5.91. The van der Waals surface area contributed by atoms with Gasteiger partial charge in [0.25, 0.3) is 5.91 Å². The molecule has 20 heavy (non-hydrogen) atoms. The lowest BCUT2D eigenvalue weighted by atomic mass is 10.2. The molecule has 2 aromatic rings. The summed E-state index contributed by atoms with van der Waals surface area (Å²) in [6.45, 7) is 0.183.